The summed E-state index contributed by atoms with van der Waals surface area (Å²) in [5.41, 5.74) is 2.11. The van der Waals surface area contributed by atoms with Crippen LogP contribution < -0.4 is 0 Å². The Kier molecular flexibility index (Phi) is 3.83. The molecule has 0 fully saturated rings. The Balaban J connectivity index is 1.97. The van der Waals surface area contributed by atoms with Crippen LogP contribution in [-0.2, 0) is 6.54 Å². The SMILES string of the molecule is CCCCn1cnc2c1ncn1c([N+](=O)[O-])c(-c3ccc(F)cc3)nc21. The molecule has 0 radical (unpaired) electrons. The number of halogens is 1. The van der Waals surface area contributed by atoms with Gasteiger partial charge in [0.1, 0.15) is 5.82 Å². The van der Waals surface area contributed by atoms with Crippen LogP contribution in [-0.4, -0.2) is 28.8 Å². The first-order valence-electron chi connectivity index (χ1n) is 8.22. The monoisotopic (exact) mass is 354 g/mol. The van der Waals surface area contributed by atoms with Crippen LogP contribution in [0.5, 0.6) is 0 Å². The highest BCUT2D eigenvalue weighted by Gasteiger charge is 2.27. The summed E-state index contributed by atoms with van der Waals surface area (Å²) in [6.07, 6.45) is 5.07. The first-order valence-corrected chi connectivity index (χ1v) is 8.22. The van der Waals surface area contributed by atoms with Crippen LogP contribution in [0.1, 0.15) is 19.8 Å². The lowest BCUT2D eigenvalue weighted by Gasteiger charge is -2.01. The number of rotatable bonds is 5. The molecule has 3 heterocycles. The van der Waals surface area contributed by atoms with E-state index in [0.29, 0.717) is 22.4 Å². The number of hydrogen-bond donors (Lipinski definition) is 0. The second-order valence-electron chi connectivity index (χ2n) is 5.95. The third-order valence-corrected chi connectivity index (χ3v) is 4.25. The highest BCUT2D eigenvalue weighted by atomic mass is 19.1. The first-order chi connectivity index (χ1) is 12.6. The van der Waals surface area contributed by atoms with Crippen molar-refractivity contribution in [1.29, 1.82) is 0 Å². The van der Waals surface area contributed by atoms with Crippen LogP contribution in [0.2, 0.25) is 0 Å². The molecular formula is C17H15FN6O2. The van der Waals surface area contributed by atoms with Gasteiger partial charge in [0.15, 0.2) is 23.2 Å². The Bertz CT molecular complexity index is 1120. The third-order valence-electron chi connectivity index (χ3n) is 4.25. The van der Waals surface area contributed by atoms with Gasteiger partial charge in [0.25, 0.3) is 5.65 Å². The van der Waals surface area contributed by atoms with E-state index in [-0.39, 0.29) is 11.5 Å². The van der Waals surface area contributed by atoms with E-state index in [4.69, 9.17) is 0 Å². The lowest BCUT2D eigenvalue weighted by atomic mass is 10.1. The number of imidazole rings is 2. The van der Waals surface area contributed by atoms with Gasteiger partial charge in [-0.05, 0) is 35.6 Å². The van der Waals surface area contributed by atoms with Gasteiger partial charge in [-0.3, -0.25) is 0 Å². The molecule has 0 saturated heterocycles. The molecule has 0 amide bonds. The molecule has 0 atom stereocenters. The number of fused-ring (bicyclic) bond motifs is 3. The number of nitro groups is 1. The zero-order valence-electron chi connectivity index (χ0n) is 14.0. The van der Waals surface area contributed by atoms with Crippen molar-refractivity contribution in [3.8, 4) is 11.3 Å². The summed E-state index contributed by atoms with van der Waals surface area (Å²) in [6.45, 7) is 2.86. The van der Waals surface area contributed by atoms with Crippen LogP contribution in [0.3, 0.4) is 0 Å². The molecular weight excluding hydrogens is 339 g/mol. The van der Waals surface area contributed by atoms with E-state index >= 15 is 0 Å². The fourth-order valence-electron chi connectivity index (χ4n) is 2.95. The average molecular weight is 354 g/mol. The van der Waals surface area contributed by atoms with Crippen LogP contribution in [0.25, 0.3) is 28.1 Å². The average Bonchev–Trinajstić information content (AvgIpc) is 3.21. The third kappa shape index (κ3) is 2.48. The van der Waals surface area contributed by atoms with Gasteiger partial charge in [0.2, 0.25) is 0 Å². The van der Waals surface area contributed by atoms with E-state index < -0.39 is 10.7 Å². The summed E-state index contributed by atoms with van der Waals surface area (Å²) in [5, 5.41) is 11.6. The standard InChI is InChI=1S/C17H15FN6O2/c1-2-3-8-22-9-19-14-15(22)20-10-23-16(14)21-13(17(23)24(25)26)11-4-6-12(18)7-5-11/h4-7,9-10H,2-3,8H2,1H3. The Morgan fingerprint density at radius 3 is 2.62 bits per heavy atom. The van der Waals surface area contributed by atoms with Gasteiger partial charge >= 0.3 is 5.82 Å². The fraction of sp³-hybridized carbons (Fsp3) is 0.235. The molecule has 0 N–H and O–H groups in total. The van der Waals surface area contributed by atoms with Crippen molar-refractivity contribution in [3.63, 3.8) is 0 Å². The predicted octanol–water partition coefficient (Wildman–Crippen LogP) is 3.59. The van der Waals surface area contributed by atoms with E-state index in [0.717, 1.165) is 19.4 Å². The number of hydrogen-bond acceptors (Lipinski definition) is 5. The van der Waals surface area contributed by atoms with Gasteiger partial charge in [0, 0.05) is 12.1 Å². The van der Waals surface area contributed by atoms with Gasteiger partial charge in [-0.15, -0.1) is 0 Å². The minimum Gasteiger partial charge on any atom is -0.358 e. The highest BCUT2D eigenvalue weighted by Crippen LogP contribution is 2.32. The van der Waals surface area contributed by atoms with E-state index in [1.807, 2.05) is 4.57 Å². The molecule has 4 aromatic rings. The van der Waals surface area contributed by atoms with Crippen LogP contribution in [0, 0.1) is 15.9 Å². The number of benzene rings is 1. The molecule has 4 rings (SSSR count). The van der Waals surface area contributed by atoms with Gasteiger partial charge < -0.3 is 14.7 Å². The maximum Gasteiger partial charge on any atom is 0.357 e. The topological polar surface area (TPSA) is 91.2 Å². The fourth-order valence-corrected chi connectivity index (χ4v) is 2.95. The number of unbranched alkanes of at least 4 members (excludes halogenated alkanes) is 1. The zero-order valence-corrected chi connectivity index (χ0v) is 14.0. The Labute approximate surface area is 147 Å². The van der Waals surface area contributed by atoms with Gasteiger partial charge in [-0.1, -0.05) is 13.3 Å². The minimum atomic E-state index is -0.514. The molecule has 0 unspecified atom stereocenters. The maximum atomic E-state index is 13.2. The van der Waals surface area contributed by atoms with Crippen LogP contribution >= 0.6 is 0 Å². The summed E-state index contributed by atoms with van der Waals surface area (Å²) in [4.78, 5) is 24.3. The Morgan fingerprint density at radius 2 is 1.92 bits per heavy atom. The normalized spacial score (nSPS) is 11.5. The van der Waals surface area contributed by atoms with Crippen LogP contribution in [0.4, 0.5) is 10.2 Å². The second-order valence-corrected chi connectivity index (χ2v) is 5.95. The van der Waals surface area contributed by atoms with Gasteiger partial charge in [0.05, 0.1) is 6.33 Å². The van der Waals surface area contributed by atoms with Gasteiger partial charge in [-0.25, -0.2) is 9.37 Å². The van der Waals surface area contributed by atoms with E-state index in [1.165, 1.54) is 35.0 Å². The lowest BCUT2D eigenvalue weighted by molar-refractivity contribution is -0.389. The lowest BCUT2D eigenvalue weighted by Crippen LogP contribution is -2.00. The smallest absolute Gasteiger partial charge is 0.357 e. The van der Waals surface area contributed by atoms with E-state index in [2.05, 4.69) is 21.9 Å². The predicted molar refractivity (Wildman–Crippen MR) is 93.2 cm³/mol. The summed E-state index contributed by atoms with van der Waals surface area (Å²) in [7, 11) is 0. The quantitative estimate of drug-likeness (QED) is 0.403. The summed E-state index contributed by atoms with van der Waals surface area (Å²) in [6, 6.07) is 5.43. The molecule has 8 nitrogen and oxygen atoms in total. The molecule has 0 aliphatic carbocycles. The molecule has 1 aromatic carbocycles. The minimum absolute atomic E-state index is 0.160. The Hall–Kier alpha value is -3.36. The van der Waals surface area contributed by atoms with Crippen molar-refractivity contribution in [2.24, 2.45) is 0 Å². The van der Waals surface area contributed by atoms with Crippen LogP contribution in [0.15, 0.2) is 36.9 Å². The molecule has 0 aliphatic rings. The molecule has 26 heavy (non-hydrogen) atoms. The highest BCUT2D eigenvalue weighted by molar-refractivity contribution is 5.88. The number of aryl methyl sites for hydroxylation is 1. The largest absolute Gasteiger partial charge is 0.358 e. The van der Waals surface area contributed by atoms with Crippen molar-refractivity contribution in [2.45, 2.75) is 26.3 Å². The zero-order chi connectivity index (χ0) is 18.3. The van der Waals surface area contributed by atoms with Crippen molar-refractivity contribution in [3.05, 3.63) is 52.9 Å². The van der Waals surface area contributed by atoms with Gasteiger partial charge in [-0.2, -0.15) is 14.4 Å². The second kappa shape index (κ2) is 6.17. The number of nitrogens with zero attached hydrogens (tertiary/aromatic N) is 6. The molecule has 0 aliphatic heterocycles. The van der Waals surface area contributed by atoms with Crippen molar-refractivity contribution in [1.82, 2.24) is 23.9 Å². The summed E-state index contributed by atoms with van der Waals surface area (Å²) < 4.78 is 16.4. The van der Waals surface area contributed by atoms with Crippen molar-refractivity contribution in [2.75, 3.05) is 0 Å². The van der Waals surface area contributed by atoms with E-state index in [1.54, 1.807) is 6.33 Å². The molecule has 132 valence electrons. The molecule has 0 spiro atoms. The molecule has 0 bridgehead atoms. The summed E-state index contributed by atoms with van der Waals surface area (Å²) >= 11 is 0. The molecule has 3 aromatic heterocycles. The molecule has 0 saturated carbocycles. The van der Waals surface area contributed by atoms with E-state index in [9.17, 15) is 14.5 Å². The number of aromatic nitrogens is 5. The summed E-state index contributed by atoms with van der Waals surface area (Å²) in [5.74, 6) is -0.636. The maximum absolute atomic E-state index is 13.2. The molecule has 9 heteroatoms. The first kappa shape index (κ1) is 16.1. The van der Waals surface area contributed by atoms with Crippen molar-refractivity contribution >= 4 is 22.6 Å². The Morgan fingerprint density at radius 1 is 1.15 bits per heavy atom. The van der Waals surface area contributed by atoms with Crippen molar-refractivity contribution < 1.29 is 9.31 Å².